The van der Waals surface area contributed by atoms with Crippen LogP contribution in [0.3, 0.4) is 0 Å². The summed E-state index contributed by atoms with van der Waals surface area (Å²) in [4.78, 5) is 32.3. The molecule has 3 aromatic carbocycles. The second-order valence-electron chi connectivity index (χ2n) is 7.57. The number of benzene rings is 3. The highest BCUT2D eigenvalue weighted by Gasteiger charge is 2.24. The number of nitrogens with one attached hydrogen (secondary N) is 1. The van der Waals surface area contributed by atoms with Gasteiger partial charge in [0.1, 0.15) is 5.56 Å². The molecule has 1 aliphatic heterocycles. The maximum Gasteiger partial charge on any atom is 0.335 e. The van der Waals surface area contributed by atoms with Gasteiger partial charge >= 0.3 is 5.69 Å². The van der Waals surface area contributed by atoms with Crippen molar-refractivity contribution in [1.29, 1.82) is 0 Å². The molecule has 1 aromatic heterocycles. The van der Waals surface area contributed by atoms with E-state index in [1.165, 1.54) is 0 Å². The van der Waals surface area contributed by atoms with E-state index in [-0.39, 0.29) is 5.56 Å². The van der Waals surface area contributed by atoms with Gasteiger partial charge in [-0.05, 0) is 31.2 Å². The number of aromatic hydroxyl groups is 1. The van der Waals surface area contributed by atoms with E-state index >= 15 is 0 Å². The summed E-state index contributed by atoms with van der Waals surface area (Å²) < 4.78 is 1.09. The molecule has 0 amide bonds. The number of aromatic amines is 1. The number of hydrogen-bond acceptors (Lipinski definition) is 4. The van der Waals surface area contributed by atoms with Crippen molar-refractivity contribution < 1.29 is 5.11 Å². The van der Waals surface area contributed by atoms with E-state index in [1.54, 1.807) is 18.2 Å². The standard InChI is InChI=1S/C26H19N3O3/c1-16-11-13-18(14-12-16)29-25(31)21(24(30)28-26(29)32)15-20-19-9-5-6-10-22(19)27-23(20)17-7-3-2-4-8-17/h2-15,31H,1H3,(H,28,30,32)/b20-15-. The molecule has 0 bridgehead atoms. The van der Waals surface area contributed by atoms with Gasteiger partial charge in [0.05, 0.1) is 17.1 Å². The lowest BCUT2D eigenvalue weighted by molar-refractivity contribution is 0.429. The van der Waals surface area contributed by atoms with Crippen LogP contribution in [0.4, 0.5) is 5.69 Å². The van der Waals surface area contributed by atoms with Gasteiger partial charge < -0.3 is 5.11 Å². The lowest BCUT2D eigenvalue weighted by Gasteiger charge is -2.11. The number of aromatic nitrogens is 2. The predicted octanol–water partition coefficient (Wildman–Crippen LogP) is 4.21. The highest BCUT2D eigenvalue weighted by molar-refractivity contribution is 6.39. The second kappa shape index (κ2) is 7.67. The number of fused-ring (bicyclic) bond motifs is 1. The molecule has 156 valence electrons. The number of allylic oxidation sites excluding steroid dienone is 1. The van der Waals surface area contributed by atoms with Crippen molar-refractivity contribution >= 4 is 23.0 Å². The van der Waals surface area contributed by atoms with E-state index in [0.717, 1.165) is 26.9 Å². The quantitative estimate of drug-likeness (QED) is 0.519. The SMILES string of the molecule is Cc1ccc(-n2c(O)c(/C=C3\C(c4ccccc4)=Nc4ccccc43)c(=O)[nH]c2=O)cc1. The number of H-pyrrole nitrogens is 1. The molecule has 0 radical (unpaired) electrons. The lowest BCUT2D eigenvalue weighted by atomic mass is 9.96. The van der Waals surface area contributed by atoms with Crippen LogP contribution in [-0.2, 0) is 0 Å². The molecule has 6 nitrogen and oxygen atoms in total. The Morgan fingerprint density at radius 3 is 2.34 bits per heavy atom. The first kappa shape index (κ1) is 19.5. The Balaban J connectivity index is 1.74. The summed E-state index contributed by atoms with van der Waals surface area (Å²) in [6.07, 6.45) is 1.59. The van der Waals surface area contributed by atoms with Crippen LogP contribution >= 0.6 is 0 Å². The Bertz CT molecular complexity index is 1510. The fourth-order valence-corrected chi connectivity index (χ4v) is 3.82. The minimum atomic E-state index is -0.706. The smallest absolute Gasteiger partial charge is 0.335 e. The van der Waals surface area contributed by atoms with Crippen LogP contribution < -0.4 is 11.2 Å². The van der Waals surface area contributed by atoms with Crippen molar-refractivity contribution in [3.63, 3.8) is 0 Å². The molecule has 1 aliphatic rings. The van der Waals surface area contributed by atoms with Crippen LogP contribution in [0.2, 0.25) is 0 Å². The van der Waals surface area contributed by atoms with Crippen LogP contribution in [0.25, 0.3) is 17.3 Å². The lowest BCUT2D eigenvalue weighted by Crippen LogP contribution is -2.30. The molecule has 32 heavy (non-hydrogen) atoms. The first-order chi connectivity index (χ1) is 15.5. The molecule has 0 saturated carbocycles. The Morgan fingerprint density at radius 1 is 0.906 bits per heavy atom. The predicted molar refractivity (Wildman–Crippen MR) is 126 cm³/mol. The molecule has 0 saturated heterocycles. The fraction of sp³-hybridized carbons (Fsp3) is 0.0385. The molecule has 0 spiro atoms. The number of nitrogens with zero attached hydrogens (tertiary/aromatic N) is 2. The summed E-state index contributed by atoms with van der Waals surface area (Å²) in [5, 5.41) is 11.0. The minimum Gasteiger partial charge on any atom is -0.494 e. The summed E-state index contributed by atoms with van der Waals surface area (Å²) in [7, 11) is 0. The average molecular weight is 421 g/mol. The van der Waals surface area contributed by atoms with E-state index in [0.29, 0.717) is 17.0 Å². The molecule has 6 heteroatoms. The van der Waals surface area contributed by atoms with Crippen molar-refractivity contribution in [2.75, 3.05) is 0 Å². The first-order valence-electron chi connectivity index (χ1n) is 10.1. The fourth-order valence-electron chi connectivity index (χ4n) is 3.82. The Labute approximate surface area is 183 Å². The molecule has 0 fully saturated rings. The normalized spacial score (nSPS) is 13.8. The van der Waals surface area contributed by atoms with Crippen molar-refractivity contribution in [3.05, 3.63) is 122 Å². The van der Waals surface area contributed by atoms with E-state index < -0.39 is 17.1 Å². The van der Waals surface area contributed by atoms with Crippen molar-refractivity contribution in [3.8, 4) is 11.6 Å². The summed E-state index contributed by atoms with van der Waals surface area (Å²) in [6.45, 7) is 1.93. The topological polar surface area (TPSA) is 87.4 Å². The van der Waals surface area contributed by atoms with Gasteiger partial charge in [0.15, 0.2) is 0 Å². The molecular weight excluding hydrogens is 402 g/mol. The van der Waals surface area contributed by atoms with Crippen LogP contribution in [0.1, 0.15) is 22.3 Å². The largest absolute Gasteiger partial charge is 0.494 e. The third kappa shape index (κ3) is 3.28. The molecular formula is C26H19N3O3. The first-order valence-corrected chi connectivity index (χ1v) is 10.1. The van der Waals surface area contributed by atoms with Crippen LogP contribution in [0, 0.1) is 6.92 Å². The van der Waals surface area contributed by atoms with Crippen LogP contribution in [-0.4, -0.2) is 20.4 Å². The zero-order chi connectivity index (χ0) is 22.2. The maximum absolute atomic E-state index is 12.7. The summed E-state index contributed by atoms with van der Waals surface area (Å²) in [5.41, 5.74) is 3.98. The van der Waals surface area contributed by atoms with Crippen molar-refractivity contribution in [2.45, 2.75) is 6.92 Å². The zero-order valence-electron chi connectivity index (χ0n) is 17.2. The van der Waals surface area contributed by atoms with Gasteiger partial charge in [0.2, 0.25) is 5.88 Å². The second-order valence-corrected chi connectivity index (χ2v) is 7.57. The summed E-state index contributed by atoms with van der Waals surface area (Å²) >= 11 is 0. The molecule has 0 atom stereocenters. The molecule has 0 unspecified atom stereocenters. The zero-order valence-corrected chi connectivity index (χ0v) is 17.2. The van der Waals surface area contributed by atoms with E-state index in [1.807, 2.05) is 73.7 Å². The van der Waals surface area contributed by atoms with Gasteiger partial charge in [-0.3, -0.25) is 9.78 Å². The third-order valence-electron chi connectivity index (χ3n) is 5.43. The van der Waals surface area contributed by atoms with Crippen molar-refractivity contribution in [2.24, 2.45) is 4.99 Å². The number of aryl methyl sites for hydroxylation is 1. The van der Waals surface area contributed by atoms with Gasteiger partial charge in [0, 0.05) is 16.7 Å². The molecule has 4 aromatic rings. The van der Waals surface area contributed by atoms with Gasteiger partial charge in [-0.1, -0.05) is 66.2 Å². The third-order valence-corrected chi connectivity index (χ3v) is 5.43. The van der Waals surface area contributed by atoms with Gasteiger partial charge in [-0.15, -0.1) is 0 Å². The summed E-state index contributed by atoms with van der Waals surface area (Å²) in [5.74, 6) is -0.424. The maximum atomic E-state index is 12.7. The van der Waals surface area contributed by atoms with Crippen molar-refractivity contribution in [1.82, 2.24) is 9.55 Å². The Hall–Kier alpha value is -4.45. The van der Waals surface area contributed by atoms with Gasteiger partial charge in [-0.25, -0.2) is 14.4 Å². The van der Waals surface area contributed by atoms with Crippen LogP contribution in [0.15, 0.2) is 93.4 Å². The molecule has 2 heterocycles. The Morgan fingerprint density at radius 2 is 1.59 bits per heavy atom. The average Bonchev–Trinajstić information content (AvgIpc) is 3.17. The number of aliphatic imine (C=N–C) groups is 1. The highest BCUT2D eigenvalue weighted by Crippen LogP contribution is 2.38. The van der Waals surface area contributed by atoms with Crippen LogP contribution in [0.5, 0.6) is 5.88 Å². The molecule has 0 aliphatic carbocycles. The summed E-state index contributed by atoms with van der Waals surface area (Å²) in [6, 6.07) is 24.3. The highest BCUT2D eigenvalue weighted by atomic mass is 16.3. The number of rotatable bonds is 3. The number of para-hydroxylation sites is 1. The van der Waals surface area contributed by atoms with E-state index in [2.05, 4.69) is 4.98 Å². The Kier molecular flexibility index (Phi) is 4.67. The molecule has 5 rings (SSSR count). The van der Waals surface area contributed by atoms with Gasteiger partial charge in [0.25, 0.3) is 5.56 Å². The number of hydrogen-bond donors (Lipinski definition) is 2. The van der Waals surface area contributed by atoms with E-state index in [4.69, 9.17) is 4.99 Å². The monoisotopic (exact) mass is 421 g/mol. The van der Waals surface area contributed by atoms with E-state index in [9.17, 15) is 14.7 Å². The van der Waals surface area contributed by atoms with Gasteiger partial charge in [-0.2, -0.15) is 0 Å². The minimum absolute atomic E-state index is 0.0134. The molecule has 2 N–H and O–H groups in total.